The second kappa shape index (κ2) is 5.52. The molecule has 1 aliphatic rings. The summed E-state index contributed by atoms with van der Waals surface area (Å²) in [4.78, 5) is 32.2. The Labute approximate surface area is 117 Å². The number of aromatic amines is 1. The fourth-order valence-electron chi connectivity index (χ4n) is 2.57. The first-order chi connectivity index (χ1) is 9.49. The van der Waals surface area contributed by atoms with Crippen LogP contribution < -0.4 is 5.32 Å². The van der Waals surface area contributed by atoms with Gasteiger partial charge in [0.15, 0.2) is 0 Å². The van der Waals surface area contributed by atoms with Crippen molar-refractivity contribution in [1.82, 2.24) is 20.2 Å². The van der Waals surface area contributed by atoms with Gasteiger partial charge in [-0.3, -0.25) is 0 Å². The van der Waals surface area contributed by atoms with Crippen LogP contribution in [0.25, 0.3) is 0 Å². The van der Waals surface area contributed by atoms with Crippen molar-refractivity contribution < 1.29 is 14.7 Å². The summed E-state index contributed by atoms with van der Waals surface area (Å²) in [6, 6.07) is -0.591. The minimum absolute atomic E-state index is 0.240. The molecule has 0 aromatic carbocycles. The van der Waals surface area contributed by atoms with Crippen LogP contribution in [0.2, 0.25) is 0 Å². The summed E-state index contributed by atoms with van der Waals surface area (Å²) in [6.07, 6.45) is 5.18. The first-order valence-electron chi connectivity index (χ1n) is 6.80. The van der Waals surface area contributed by atoms with E-state index in [0.717, 1.165) is 0 Å². The van der Waals surface area contributed by atoms with Gasteiger partial charge in [0.2, 0.25) is 0 Å². The maximum Gasteiger partial charge on any atom is 0.329 e. The van der Waals surface area contributed by atoms with E-state index in [2.05, 4.69) is 15.3 Å². The molecular weight excluding hydrogens is 260 g/mol. The number of carbonyl (C=O) groups is 2. The molecule has 2 amide bonds. The van der Waals surface area contributed by atoms with E-state index in [9.17, 15) is 14.7 Å². The molecule has 1 fully saturated rings. The number of nitrogens with one attached hydrogen (secondary N) is 2. The van der Waals surface area contributed by atoms with E-state index in [1.807, 2.05) is 6.92 Å². The average molecular weight is 280 g/mol. The van der Waals surface area contributed by atoms with Gasteiger partial charge < -0.3 is 20.3 Å². The molecule has 1 saturated heterocycles. The van der Waals surface area contributed by atoms with Gasteiger partial charge in [0.25, 0.3) is 0 Å². The zero-order valence-electron chi connectivity index (χ0n) is 11.7. The van der Waals surface area contributed by atoms with Crippen LogP contribution in [0.1, 0.15) is 45.0 Å². The van der Waals surface area contributed by atoms with Gasteiger partial charge in [-0.05, 0) is 26.2 Å². The monoisotopic (exact) mass is 280 g/mol. The van der Waals surface area contributed by atoms with E-state index < -0.39 is 11.5 Å². The number of nitrogens with zero attached hydrogens (tertiary/aromatic N) is 2. The van der Waals surface area contributed by atoms with Gasteiger partial charge >= 0.3 is 12.0 Å². The summed E-state index contributed by atoms with van der Waals surface area (Å²) in [6.45, 7) is 3.99. The summed E-state index contributed by atoms with van der Waals surface area (Å²) in [5, 5.41) is 12.2. The normalized spacial score (nSPS) is 23.6. The number of hydrogen-bond acceptors (Lipinski definition) is 3. The number of H-pyrrole nitrogens is 1. The van der Waals surface area contributed by atoms with Gasteiger partial charge in [-0.25, -0.2) is 14.6 Å². The van der Waals surface area contributed by atoms with Gasteiger partial charge in [0.1, 0.15) is 11.4 Å². The van der Waals surface area contributed by atoms with Gasteiger partial charge in [-0.1, -0.05) is 6.92 Å². The smallest absolute Gasteiger partial charge is 0.329 e. The molecule has 110 valence electrons. The van der Waals surface area contributed by atoms with Crippen molar-refractivity contribution in [3.8, 4) is 0 Å². The number of hydrogen-bond donors (Lipinski definition) is 3. The molecule has 0 radical (unpaired) electrons. The zero-order valence-corrected chi connectivity index (χ0v) is 11.7. The van der Waals surface area contributed by atoms with Crippen molar-refractivity contribution in [3.05, 3.63) is 18.2 Å². The van der Waals surface area contributed by atoms with Crippen LogP contribution in [0.4, 0.5) is 4.79 Å². The Bertz CT molecular complexity index is 488. The third kappa shape index (κ3) is 2.48. The molecule has 20 heavy (non-hydrogen) atoms. The highest BCUT2D eigenvalue weighted by Gasteiger charge is 2.46. The predicted molar refractivity (Wildman–Crippen MR) is 72.1 cm³/mol. The van der Waals surface area contributed by atoms with E-state index in [4.69, 9.17) is 0 Å². The van der Waals surface area contributed by atoms with Crippen LogP contribution in [0.5, 0.6) is 0 Å². The van der Waals surface area contributed by atoms with E-state index >= 15 is 0 Å². The van der Waals surface area contributed by atoms with Crippen LogP contribution in [0.3, 0.4) is 0 Å². The summed E-state index contributed by atoms with van der Waals surface area (Å²) < 4.78 is 0. The molecule has 3 N–H and O–H groups in total. The number of carboxylic acid groups (broad SMARTS) is 1. The van der Waals surface area contributed by atoms with Crippen LogP contribution >= 0.6 is 0 Å². The summed E-state index contributed by atoms with van der Waals surface area (Å²) in [7, 11) is 0. The summed E-state index contributed by atoms with van der Waals surface area (Å²) >= 11 is 0. The zero-order chi connectivity index (χ0) is 14.8. The second-order valence-electron chi connectivity index (χ2n) is 5.22. The molecule has 0 bridgehead atoms. The van der Waals surface area contributed by atoms with E-state index in [1.54, 1.807) is 19.3 Å². The molecule has 0 spiro atoms. The van der Waals surface area contributed by atoms with E-state index in [0.29, 0.717) is 31.6 Å². The van der Waals surface area contributed by atoms with Gasteiger partial charge in [0.05, 0.1) is 6.04 Å². The standard InChI is InChI=1S/C13H20N4O3/c1-3-9(10-14-6-7-15-10)16-12(20)17-8-4-5-13(17,2)11(18)19/h6-7,9H,3-5,8H2,1-2H3,(H,14,15)(H,16,20)(H,18,19). The molecule has 2 atom stereocenters. The lowest BCUT2D eigenvalue weighted by Gasteiger charge is -2.32. The van der Waals surface area contributed by atoms with Crippen LogP contribution in [-0.2, 0) is 4.79 Å². The highest BCUT2D eigenvalue weighted by atomic mass is 16.4. The first-order valence-corrected chi connectivity index (χ1v) is 6.80. The Morgan fingerprint density at radius 3 is 2.95 bits per heavy atom. The Kier molecular flexibility index (Phi) is 3.96. The lowest BCUT2D eigenvalue weighted by molar-refractivity contribution is -0.147. The number of likely N-dealkylation sites (tertiary alicyclic amines) is 1. The third-order valence-corrected chi connectivity index (χ3v) is 3.90. The molecule has 0 saturated carbocycles. The summed E-state index contributed by atoms with van der Waals surface area (Å²) in [5.74, 6) is -0.284. The van der Waals surface area contributed by atoms with E-state index in [1.165, 1.54) is 4.90 Å². The number of carbonyl (C=O) groups excluding carboxylic acids is 1. The number of imidazole rings is 1. The van der Waals surface area contributed by atoms with Gasteiger partial charge in [-0.2, -0.15) is 0 Å². The lowest BCUT2D eigenvalue weighted by atomic mass is 10.00. The number of urea groups is 1. The molecule has 2 heterocycles. The number of carboxylic acids is 1. The Morgan fingerprint density at radius 1 is 1.65 bits per heavy atom. The van der Waals surface area contributed by atoms with Gasteiger partial charge in [0, 0.05) is 18.9 Å². The maximum absolute atomic E-state index is 12.3. The first kappa shape index (κ1) is 14.4. The summed E-state index contributed by atoms with van der Waals surface area (Å²) in [5.41, 5.74) is -1.12. The lowest BCUT2D eigenvalue weighted by Crippen LogP contribution is -2.54. The highest BCUT2D eigenvalue weighted by Crippen LogP contribution is 2.29. The minimum Gasteiger partial charge on any atom is -0.480 e. The minimum atomic E-state index is -1.12. The topological polar surface area (TPSA) is 98.3 Å². The Balaban J connectivity index is 2.09. The van der Waals surface area contributed by atoms with Crippen molar-refractivity contribution in [2.45, 2.75) is 44.7 Å². The molecular formula is C13H20N4O3. The molecule has 1 aromatic rings. The maximum atomic E-state index is 12.3. The van der Waals surface area contributed by atoms with Crippen molar-refractivity contribution in [3.63, 3.8) is 0 Å². The predicted octanol–water partition coefficient (Wildman–Crippen LogP) is 1.51. The quantitative estimate of drug-likeness (QED) is 0.778. The Morgan fingerprint density at radius 2 is 2.40 bits per heavy atom. The fourth-order valence-corrected chi connectivity index (χ4v) is 2.57. The molecule has 0 aliphatic carbocycles. The van der Waals surface area contributed by atoms with Crippen LogP contribution in [0, 0.1) is 0 Å². The molecule has 2 unspecified atom stereocenters. The van der Waals surface area contributed by atoms with Crippen molar-refractivity contribution in [2.75, 3.05) is 6.54 Å². The molecule has 1 aliphatic heterocycles. The molecule has 7 nitrogen and oxygen atoms in total. The number of aromatic nitrogens is 2. The van der Waals surface area contributed by atoms with Crippen LogP contribution in [0.15, 0.2) is 12.4 Å². The van der Waals surface area contributed by atoms with E-state index in [-0.39, 0.29) is 12.1 Å². The van der Waals surface area contributed by atoms with Crippen molar-refractivity contribution in [1.29, 1.82) is 0 Å². The van der Waals surface area contributed by atoms with Crippen LogP contribution in [-0.4, -0.2) is 44.1 Å². The van der Waals surface area contributed by atoms with Gasteiger partial charge in [-0.15, -0.1) is 0 Å². The SMILES string of the molecule is CCC(NC(=O)N1CCCC1(C)C(=O)O)c1ncc[nH]1. The molecule has 7 heteroatoms. The molecule has 1 aromatic heterocycles. The Hall–Kier alpha value is -2.05. The highest BCUT2D eigenvalue weighted by molar-refractivity contribution is 5.86. The van der Waals surface area contributed by atoms with Crippen molar-refractivity contribution >= 4 is 12.0 Å². The molecule has 2 rings (SSSR count). The fraction of sp³-hybridized carbons (Fsp3) is 0.615. The number of rotatable bonds is 4. The number of amides is 2. The average Bonchev–Trinajstić information content (AvgIpc) is 3.05. The number of aliphatic carboxylic acids is 1. The largest absolute Gasteiger partial charge is 0.480 e. The third-order valence-electron chi connectivity index (χ3n) is 3.90. The second-order valence-corrected chi connectivity index (χ2v) is 5.22. The van der Waals surface area contributed by atoms with Crippen molar-refractivity contribution in [2.24, 2.45) is 0 Å².